The summed E-state index contributed by atoms with van der Waals surface area (Å²) in [4.78, 5) is 0. The molecule has 1 saturated heterocycles. The highest BCUT2D eigenvalue weighted by Crippen LogP contribution is 2.38. The number of alkyl halides is 3. The fraction of sp³-hybridized carbons (Fsp3) is 0.364. The lowest BCUT2D eigenvalue weighted by Crippen LogP contribution is -2.32. The maximum Gasteiger partial charge on any atom is 0.288 e. The number of hydrogen-bond acceptors (Lipinski definition) is 4. The predicted molar refractivity (Wildman–Crippen MR) is 117 cm³/mol. The van der Waals surface area contributed by atoms with Gasteiger partial charge in [-0.05, 0) is 42.2 Å². The molecule has 9 heteroatoms. The molecule has 0 amide bonds. The van der Waals surface area contributed by atoms with Gasteiger partial charge in [0.1, 0.15) is 9.84 Å². The molecule has 1 aromatic heterocycles. The smallest absolute Gasteiger partial charge is 0.288 e. The second-order valence-corrected chi connectivity index (χ2v) is 10.1. The minimum atomic E-state index is -3.18. The summed E-state index contributed by atoms with van der Waals surface area (Å²) in [5.74, 6) is 0.219. The van der Waals surface area contributed by atoms with Crippen molar-refractivity contribution in [2.75, 3.05) is 16.8 Å². The number of aromatic nitrogens is 1. The van der Waals surface area contributed by atoms with Crippen LogP contribution in [0.4, 0.5) is 18.9 Å². The van der Waals surface area contributed by atoms with Gasteiger partial charge in [-0.25, -0.2) is 21.6 Å². The maximum absolute atomic E-state index is 14.7. The van der Waals surface area contributed by atoms with E-state index in [-0.39, 0.29) is 17.5 Å². The summed E-state index contributed by atoms with van der Waals surface area (Å²) < 4.78 is 65.9. The Hall–Kier alpha value is -2.52. The van der Waals surface area contributed by atoms with E-state index in [2.05, 4.69) is 5.32 Å². The average Bonchev–Trinajstić information content (AvgIpc) is 3.15. The number of fused-ring (bicyclic) bond motifs is 1. The molecule has 0 saturated carbocycles. The Morgan fingerprint density at radius 1 is 1.06 bits per heavy atom. The summed E-state index contributed by atoms with van der Waals surface area (Å²) in [5.41, 5.74) is 8.47. The Bertz CT molecular complexity index is 1160. The van der Waals surface area contributed by atoms with Gasteiger partial charge in [-0.2, -0.15) is 0 Å². The van der Waals surface area contributed by atoms with E-state index in [0.29, 0.717) is 47.2 Å². The first-order valence-corrected chi connectivity index (χ1v) is 11.9. The van der Waals surface area contributed by atoms with Gasteiger partial charge in [0, 0.05) is 23.7 Å². The monoisotopic (exact) mass is 451 g/mol. The number of halogens is 3. The zero-order chi connectivity index (χ0) is 22.2. The van der Waals surface area contributed by atoms with Gasteiger partial charge in [-0.3, -0.25) is 0 Å². The highest BCUT2D eigenvalue weighted by molar-refractivity contribution is 7.91. The number of nitrogens with one attached hydrogen (secondary N) is 1. The van der Waals surface area contributed by atoms with Gasteiger partial charge < -0.3 is 15.6 Å². The van der Waals surface area contributed by atoms with Crippen molar-refractivity contribution in [1.29, 1.82) is 0 Å². The molecule has 0 aliphatic carbocycles. The van der Waals surface area contributed by atoms with E-state index in [1.165, 1.54) is 0 Å². The first-order chi connectivity index (χ1) is 14.8. The Labute approximate surface area is 179 Å². The van der Waals surface area contributed by atoms with Gasteiger partial charge >= 0.3 is 0 Å². The molecule has 1 fully saturated rings. The highest BCUT2D eigenvalue weighted by Gasteiger charge is 2.28. The normalized spacial score (nSPS) is 17.8. The van der Waals surface area contributed by atoms with Crippen molar-refractivity contribution in [3.8, 4) is 11.3 Å². The molecule has 1 aliphatic rings. The van der Waals surface area contributed by atoms with Crippen LogP contribution in [0.15, 0.2) is 48.5 Å². The second-order valence-electron chi connectivity index (χ2n) is 7.82. The molecule has 31 heavy (non-hydrogen) atoms. The van der Waals surface area contributed by atoms with Gasteiger partial charge in [0.05, 0.1) is 22.7 Å². The zero-order valence-corrected chi connectivity index (χ0v) is 17.6. The SMILES string of the molecule is NCc1ccc(-c2cc3c(NC4CCS(=O)(=O)CC4)cccc3n2C(F)C(F)F)cc1. The van der Waals surface area contributed by atoms with Crippen molar-refractivity contribution in [2.24, 2.45) is 5.73 Å². The molecular weight excluding hydrogens is 427 g/mol. The fourth-order valence-corrected chi connectivity index (χ4v) is 5.53. The number of benzene rings is 2. The number of anilines is 1. The van der Waals surface area contributed by atoms with Crippen LogP contribution in [0.5, 0.6) is 0 Å². The molecule has 5 nitrogen and oxygen atoms in total. The molecule has 2 aromatic carbocycles. The molecule has 0 bridgehead atoms. The number of nitrogens with two attached hydrogens (primary N) is 1. The summed E-state index contributed by atoms with van der Waals surface area (Å²) in [7, 11) is -3.00. The van der Waals surface area contributed by atoms with Crippen LogP contribution in [0.1, 0.15) is 24.7 Å². The van der Waals surface area contributed by atoms with E-state index >= 15 is 0 Å². The summed E-state index contributed by atoms with van der Waals surface area (Å²) in [6.07, 6.45) is -4.75. The van der Waals surface area contributed by atoms with Crippen LogP contribution in [-0.2, 0) is 16.4 Å². The molecule has 3 N–H and O–H groups in total. The molecule has 0 radical (unpaired) electrons. The Morgan fingerprint density at radius 2 is 1.74 bits per heavy atom. The molecule has 1 atom stereocenters. The number of nitrogens with zero attached hydrogens (tertiary/aromatic N) is 1. The van der Waals surface area contributed by atoms with Crippen LogP contribution in [0.3, 0.4) is 0 Å². The predicted octanol–water partition coefficient (Wildman–Crippen LogP) is 4.49. The minimum absolute atomic E-state index is 0.0546. The topological polar surface area (TPSA) is 77.1 Å². The van der Waals surface area contributed by atoms with E-state index < -0.39 is 22.6 Å². The molecular formula is C22H24F3N3O2S. The van der Waals surface area contributed by atoms with Crippen molar-refractivity contribution in [1.82, 2.24) is 4.57 Å². The third-order valence-electron chi connectivity index (χ3n) is 5.74. The van der Waals surface area contributed by atoms with E-state index in [9.17, 15) is 21.6 Å². The molecule has 4 rings (SSSR count). The lowest BCUT2D eigenvalue weighted by Gasteiger charge is -2.24. The van der Waals surface area contributed by atoms with Crippen LogP contribution in [-0.4, -0.2) is 37.0 Å². The zero-order valence-electron chi connectivity index (χ0n) is 16.8. The maximum atomic E-state index is 14.7. The Morgan fingerprint density at radius 3 is 2.35 bits per heavy atom. The highest BCUT2D eigenvalue weighted by atomic mass is 32.2. The lowest BCUT2D eigenvalue weighted by atomic mass is 10.1. The average molecular weight is 452 g/mol. The van der Waals surface area contributed by atoms with Gasteiger partial charge in [-0.15, -0.1) is 0 Å². The van der Waals surface area contributed by atoms with Crippen LogP contribution in [0, 0.1) is 0 Å². The standard InChI is InChI=1S/C22H24F3N3O2S/c23-21(24)22(25)28-19-3-1-2-18(27-16-8-10-31(29,30)11-9-16)17(19)12-20(28)15-6-4-14(13-26)5-7-15/h1-7,12,16,21-22,27H,8-11,13,26H2. The van der Waals surface area contributed by atoms with Crippen molar-refractivity contribution in [2.45, 2.75) is 38.1 Å². The van der Waals surface area contributed by atoms with Gasteiger partial charge in [0.2, 0.25) is 6.30 Å². The van der Waals surface area contributed by atoms with Crippen molar-refractivity contribution >= 4 is 26.4 Å². The van der Waals surface area contributed by atoms with Crippen molar-refractivity contribution in [3.05, 3.63) is 54.1 Å². The van der Waals surface area contributed by atoms with Crippen molar-refractivity contribution in [3.63, 3.8) is 0 Å². The van der Waals surface area contributed by atoms with Crippen LogP contribution >= 0.6 is 0 Å². The van der Waals surface area contributed by atoms with E-state index in [4.69, 9.17) is 5.73 Å². The molecule has 1 aliphatic heterocycles. The van der Waals surface area contributed by atoms with Crippen LogP contribution < -0.4 is 11.1 Å². The summed E-state index contributed by atoms with van der Waals surface area (Å²) >= 11 is 0. The fourth-order valence-electron chi connectivity index (χ4n) is 4.04. The lowest BCUT2D eigenvalue weighted by molar-refractivity contribution is 0.0115. The van der Waals surface area contributed by atoms with Crippen molar-refractivity contribution < 1.29 is 21.6 Å². The summed E-state index contributed by atoms with van der Waals surface area (Å²) in [6.45, 7) is 0.344. The van der Waals surface area contributed by atoms with E-state index in [1.54, 1.807) is 48.5 Å². The molecule has 1 unspecified atom stereocenters. The molecule has 2 heterocycles. The first kappa shape index (κ1) is 21.7. The number of hydrogen-bond donors (Lipinski definition) is 2. The molecule has 166 valence electrons. The quantitative estimate of drug-likeness (QED) is 0.579. The van der Waals surface area contributed by atoms with E-state index in [0.717, 1.165) is 10.1 Å². The van der Waals surface area contributed by atoms with Gasteiger partial charge in [0.15, 0.2) is 0 Å². The van der Waals surface area contributed by atoms with E-state index in [1.807, 2.05) is 0 Å². The Kier molecular flexibility index (Phi) is 5.98. The van der Waals surface area contributed by atoms with Gasteiger partial charge in [-0.1, -0.05) is 30.3 Å². The first-order valence-electron chi connectivity index (χ1n) is 10.1. The number of sulfone groups is 1. The third kappa shape index (κ3) is 4.43. The minimum Gasteiger partial charge on any atom is -0.382 e. The third-order valence-corrected chi connectivity index (χ3v) is 7.45. The van der Waals surface area contributed by atoms with Crippen LogP contribution in [0.25, 0.3) is 22.2 Å². The second kappa shape index (κ2) is 8.55. The van der Waals surface area contributed by atoms with Crippen LogP contribution in [0.2, 0.25) is 0 Å². The largest absolute Gasteiger partial charge is 0.382 e. The number of rotatable bonds is 6. The molecule has 0 spiro atoms. The summed E-state index contributed by atoms with van der Waals surface area (Å²) in [5, 5.41) is 3.94. The summed E-state index contributed by atoms with van der Waals surface area (Å²) in [6, 6.07) is 13.8. The van der Waals surface area contributed by atoms with Gasteiger partial charge in [0.25, 0.3) is 6.43 Å². The Balaban J connectivity index is 1.78. The molecule has 3 aromatic rings.